The minimum Gasteiger partial charge on any atom is -0.340 e. The fraction of sp³-hybridized carbons (Fsp3) is 0.160. The van der Waals surface area contributed by atoms with Crippen molar-refractivity contribution in [2.75, 3.05) is 5.32 Å². The third-order valence-corrected chi connectivity index (χ3v) is 6.73. The zero-order valence-corrected chi connectivity index (χ0v) is 17.1. The van der Waals surface area contributed by atoms with Gasteiger partial charge in [-0.3, -0.25) is 4.79 Å². The van der Waals surface area contributed by atoms with Crippen molar-refractivity contribution in [2.45, 2.75) is 19.3 Å². The largest absolute Gasteiger partial charge is 0.340 e. The summed E-state index contributed by atoms with van der Waals surface area (Å²) >= 11 is 1.67. The van der Waals surface area contributed by atoms with Crippen molar-refractivity contribution in [3.05, 3.63) is 82.5 Å². The third-order valence-electron chi connectivity index (χ3n) is 5.57. The minimum atomic E-state index is 0.0182. The van der Waals surface area contributed by atoms with Gasteiger partial charge in [0.15, 0.2) is 5.78 Å². The molecule has 0 spiro atoms. The minimum absolute atomic E-state index is 0.0182. The molecule has 0 fully saturated rings. The lowest BCUT2D eigenvalue weighted by Crippen LogP contribution is -2.21. The number of rotatable bonds is 4. The Morgan fingerprint density at radius 2 is 2.00 bits per heavy atom. The number of Topliss-reactive ketones (excluding diaryl/α,β-unsaturated/α-hetero) is 1. The second kappa shape index (κ2) is 7.74. The number of carbonyl (C=O) groups is 1. The molecule has 146 valence electrons. The summed E-state index contributed by atoms with van der Waals surface area (Å²) < 4.78 is 0. The highest BCUT2D eigenvalue weighted by Crippen LogP contribution is 2.41. The van der Waals surface area contributed by atoms with Crippen LogP contribution in [0.25, 0.3) is 10.2 Å². The number of carbonyl (C=O) groups excluding carboxylic acids is 1. The van der Waals surface area contributed by atoms with Crippen molar-refractivity contribution in [2.24, 2.45) is 5.92 Å². The summed E-state index contributed by atoms with van der Waals surface area (Å²) in [5, 5.41) is 4.47. The van der Waals surface area contributed by atoms with Gasteiger partial charge in [-0.25, -0.2) is 9.97 Å². The Balaban J connectivity index is 1.47. The van der Waals surface area contributed by atoms with Gasteiger partial charge in [0.25, 0.3) is 0 Å². The SMILES string of the molecule is C#Cc1cccc(Nc2ncnc3sc4c(c23)CCC(C(=O)c2ccccc2)C4)c1. The number of ketones is 1. The molecule has 4 nitrogen and oxygen atoms in total. The Morgan fingerprint density at radius 1 is 1.13 bits per heavy atom. The molecule has 1 unspecified atom stereocenters. The number of thiophene rings is 1. The average Bonchev–Trinajstić information content (AvgIpc) is 3.18. The normalized spacial score (nSPS) is 15.4. The van der Waals surface area contributed by atoms with Crippen LogP contribution >= 0.6 is 11.3 Å². The third kappa shape index (κ3) is 3.36. The van der Waals surface area contributed by atoms with Crippen LogP contribution in [0.4, 0.5) is 11.5 Å². The fourth-order valence-electron chi connectivity index (χ4n) is 4.09. The second-order valence-electron chi connectivity index (χ2n) is 7.43. The van der Waals surface area contributed by atoms with E-state index in [2.05, 4.69) is 21.2 Å². The molecule has 5 rings (SSSR count). The number of aryl methyl sites for hydroxylation is 1. The quantitative estimate of drug-likeness (QED) is 0.362. The molecule has 0 saturated heterocycles. The number of fused-ring (bicyclic) bond motifs is 3. The zero-order valence-electron chi connectivity index (χ0n) is 16.3. The van der Waals surface area contributed by atoms with Crippen molar-refractivity contribution in [3.8, 4) is 12.3 Å². The van der Waals surface area contributed by atoms with E-state index in [1.54, 1.807) is 17.7 Å². The summed E-state index contributed by atoms with van der Waals surface area (Å²) in [5.41, 5.74) is 3.78. The van der Waals surface area contributed by atoms with Crippen LogP contribution in [-0.4, -0.2) is 15.8 Å². The standard InChI is InChI=1S/C25H19N3OS/c1-2-16-7-6-10-19(13-16)28-24-22-20-12-11-18(23(29)17-8-4-3-5-9-17)14-21(20)30-25(22)27-15-26-24/h1,3-10,13,15,18H,11-12,14H2,(H,26,27,28). The summed E-state index contributed by atoms with van der Waals surface area (Å²) in [6.45, 7) is 0. The summed E-state index contributed by atoms with van der Waals surface area (Å²) in [7, 11) is 0. The molecule has 5 heteroatoms. The molecular formula is C25H19N3OS. The van der Waals surface area contributed by atoms with E-state index >= 15 is 0 Å². The molecule has 2 aromatic carbocycles. The molecule has 2 heterocycles. The van der Waals surface area contributed by atoms with Crippen LogP contribution in [0.1, 0.15) is 32.8 Å². The predicted octanol–water partition coefficient (Wildman–Crippen LogP) is 5.40. The Morgan fingerprint density at radius 3 is 2.83 bits per heavy atom. The van der Waals surface area contributed by atoms with Crippen LogP contribution < -0.4 is 5.32 Å². The first kappa shape index (κ1) is 18.5. The van der Waals surface area contributed by atoms with Gasteiger partial charge in [0.2, 0.25) is 0 Å². The van der Waals surface area contributed by atoms with E-state index in [9.17, 15) is 4.79 Å². The summed E-state index contributed by atoms with van der Waals surface area (Å²) in [6.07, 6.45) is 9.57. The Labute approximate surface area is 179 Å². The number of aromatic nitrogens is 2. The van der Waals surface area contributed by atoms with Crippen molar-refractivity contribution in [3.63, 3.8) is 0 Å². The molecule has 0 saturated carbocycles. The van der Waals surface area contributed by atoms with E-state index in [1.807, 2.05) is 54.6 Å². The summed E-state index contributed by atoms with van der Waals surface area (Å²) in [4.78, 5) is 24.1. The van der Waals surface area contributed by atoms with E-state index < -0.39 is 0 Å². The molecule has 2 aromatic heterocycles. The van der Waals surface area contributed by atoms with E-state index in [0.717, 1.165) is 52.1 Å². The monoisotopic (exact) mass is 409 g/mol. The van der Waals surface area contributed by atoms with Crippen LogP contribution in [0.3, 0.4) is 0 Å². The first-order valence-electron chi connectivity index (χ1n) is 9.91. The van der Waals surface area contributed by atoms with Gasteiger partial charge < -0.3 is 5.32 Å². The van der Waals surface area contributed by atoms with E-state index in [4.69, 9.17) is 6.42 Å². The van der Waals surface area contributed by atoms with Crippen molar-refractivity contribution in [1.29, 1.82) is 0 Å². The highest BCUT2D eigenvalue weighted by Gasteiger charge is 2.29. The number of benzene rings is 2. The molecule has 30 heavy (non-hydrogen) atoms. The molecular weight excluding hydrogens is 390 g/mol. The zero-order chi connectivity index (χ0) is 20.5. The lowest BCUT2D eigenvalue weighted by molar-refractivity contribution is 0.0909. The molecule has 0 bridgehead atoms. The molecule has 1 N–H and O–H groups in total. The number of hydrogen-bond acceptors (Lipinski definition) is 5. The Kier molecular flexibility index (Phi) is 4.78. The molecule has 1 aliphatic carbocycles. The fourth-order valence-corrected chi connectivity index (χ4v) is 5.36. The average molecular weight is 410 g/mol. The van der Waals surface area contributed by atoms with Gasteiger partial charge in [-0.15, -0.1) is 17.8 Å². The Bertz CT molecular complexity index is 1290. The molecule has 1 atom stereocenters. The number of nitrogens with zero attached hydrogens (tertiary/aromatic N) is 2. The second-order valence-corrected chi connectivity index (χ2v) is 8.51. The lowest BCUT2D eigenvalue weighted by Gasteiger charge is -2.21. The van der Waals surface area contributed by atoms with Gasteiger partial charge in [-0.1, -0.05) is 42.3 Å². The van der Waals surface area contributed by atoms with Gasteiger partial charge in [0.1, 0.15) is 17.0 Å². The van der Waals surface area contributed by atoms with Crippen LogP contribution in [-0.2, 0) is 12.8 Å². The highest BCUT2D eigenvalue weighted by molar-refractivity contribution is 7.19. The maximum atomic E-state index is 12.9. The van der Waals surface area contributed by atoms with Gasteiger partial charge in [0.05, 0.1) is 5.39 Å². The molecule has 1 aliphatic rings. The van der Waals surface area contributed by atoms with Crippen LogP contribution in [0.2, 0.25) is 0 Å². The molecule has 0 amide bonds. The van der Waals surface area contributed by atoms with Gasteiger partial charge in [-0.2, -0.15) is 0 Å². The number of hydrogen-bond donors (Lipinski definition) is 1. The van der Waals surface area contributed by atoms with Crippen LogP contribution in [0.5, 0.6) is 0 Å². The Hall–Kier alpha value is -3.49. The first-order chi connectivity index (χ1) is 14.7. The predicted molar refractivity (Wildman–Crippen MR) is 121 cm³/mol. The topological polar surface area (TPSA) is 54.9 Å². The number of nitrogens with one attached hydrogen (secondary N) is 1. The highest BCUT2D eigenvalue weighted by atomic mass is 32.1. The van der Waals surface area contributed by atoms with E-state index in [0.29, 0.717) is 0 Å². The summed E-state index contributed by atoms with van der Waals surface area (Å²) in [6, 6.07) is 17.3. The van der Waals surface area contributed by atoms with E-state index in [-0.39, 0.29) is 11.7 Å². The molecule has 0 radical (unpaired) electrons. The van der Waals surface area contributed by atoms with Gasteiger partial charge in [-0.05, 0) is 43.0 Å². The summed E-state index contributed by atoms with van der Waals surface area (Å²) in [5.74, 6) is 3.70. The maximum Gasteiger partial charge on any atom is 0.166 e. The van der Waals surface area contributed by atoms with Gasteiger partial charge >= 0.3 is 0 Å². The number of anilines is 2. The van der Waals surface area contributed by atoms with Crippen LogP contribution in [0.15, 0.2) is 60.9 Å². The van der Waals surface area contributed by atoms with Crippen molar-refractivity contribution < 1.29 is 4.79 Å². The smallest absolute Gasteiger partial charge is 0.166 e. The first-order valence-corrected chi connectivity index (χ1v) is 10.7. The van der Waals surface area contributed by atoms with Gasteiger partial charge in [0, 0.05) is 27.6 Å². The maximum absolute atomic E-state index is 12.9. The molecule has 4 aromatic rings. The van der Waals surface area contributed by atoms with Crippen molar-refractivity contribution in [1.82, 2.24) is 9.97 Å². The number of terminal acetylenes is 1. The lowest BCUT2D eigenvalue weighted by atomic mass is 9.83. The van der Waals surface area contributed by atoms with Crippen LogP contribution in [0, 0.1) is 18.3 Å². The molecule has 0 aliphatic heterocycles. The van der Waals surface area contributed by atoms with E-state index in [1.165, 1.54) is 10.4 Å². The van der Waals surface area contributed by atoms with Crippen molar-refractivity contribution >= 4 is 38.8 Å².